The van der Waals surface area contributed by atoms with Crippen molar-refractivity contribution in [2.75, 3.05) is 6.54 Å². The SMILES string of the molecule is CC(C)C(CCN)CCC(=O)Cc1ccc(I)cc1. The zero-order valence-electron chi connectivity index (χ0n) is 11.9. The van der Waals surface area contributed by atoms with Crippen LogP contribution in [0, 0.1) is 15.4 Å². The van der Waals surface area contributed by atoms with Crippen molar-refractivity contribution < 1.29 is 4.79 Å². The summed E-state index contributed by atoms with van der Waals surface area (Å²) < 4.78 is 1.21. The molecule has 0 radical (unpaired) electrons. The van der Waals surface area contributed by atoms with E-state index in [0.717, 1.165) is 18.4 Å². The Bertz CT molecular complexity index is 386. The van der Waals surface area contributed by atoms with Crippen LogP contribution in [0.2, 0.25) is 0 Å². The normalized spacial score (nSPS) is 12.7. The molecule has 0 aliphatic rings. The molecule has 2 nitrogen and oxygen atoms in total. The van der Waals surface area contributed by atoms with Crippen molar-refractivity contribution in [3.63, 3.8) is 0 Å². The van der Waals surface area contributed by atoms with E-state index in [1.807, 2.05) is 12.1 Å². The minimum atomic E-state index is 0.337. The van der Waals surface area contributed by atoms with E-state index in [1.165, 1.54) is 3.57 Å². The second-order valence-electron chi connectivity index (χ2n) is 5.46. The van der Waals surface area contributed by atoms with Crippen molar-refractivity contribution in [1.29, 1.82) is 0 Å². The van der Waals surface area contributed by atoms with Crippen LogP contribution in [-0.2, 0) is 11.2 Å². The molecular weight excluding hydrogens is 349 g/mol. The molecule has 0 aliphatic heterocycles. The third-order valence-corrected chi connectivity index (χ3v) is 4.31. The number of hydrogen-bond donors (Lipinski definition) is 1. The zero-order valence-corrected chi connectivity index (χ0v) is 14.0. The van der Waals surface area contributed by atoms with Crippen LogP contribution in [-0.4, -0.2) is 12.3 Å². The van der Waals surface area contributed by atoms with Gasteiger partial charge in [-0.25, -0.2) is 0 Å². The van der Waals surface area contributed by atoms with Crippen LogP contribution in [0.15, 0.2) is 24.3 Å². The minimum Gasteiger partial charge on any atom is -0.330 e. The zero-order chi connectivity index (χ0) is 14.3. The first-order valence-corrected chi connectivity index (χ1v) is 8.07. The summed E-state index contributed by atoms with van der Waals surface area (Å²) in [6.45, 7) is 5.14. The molecule has 0 saturated heterocycles. The molecule has 1 unspecified atom stereocenters. The molecule has 1 aromatic carbocycles. The smallest absolute Gasteiger partial charge is 0.137 e. The lowest BCUT2D eigenvalue weighted by atomic mass is 9.87. The number of benzene rings is 1. The average Bonchev–Trinajstić information content (AvgIpc) is 2.37. The average molecular weight is 373 g/mol. The van der Waals surface area contributed by atoms with Gasteiger partial charge in [0.25, 0.3) is 0 Å². The molecule has 0 aromatic heterocycles. The van der Waals surface area contributed by atoms with Gasteiger partial charge in [0, 0.05) is 16.4 Å². The largest absolute Gasteiger partial charge is 0.330 e. The highest BCUT2D eigenvalue weighted by Gasteiger charge is 2.14. The van der Waals surface area contributed by atoms with Crippen LogP contribution in [0.25, 0.3) is 0 Å². The van der Waals surface area contributed by atoms with Gasteiger partial charge in [-0.3, -0.25) is 4.79 Å². The summed E-state index contributed by atoms with van der Waals surface area (Å²) in [4.78, 5) is 12.0. The molecule has 0 spiro atoms. The Hall–Kier alpha value is -0.420. The van der Waals surface area contributed by atoms with E-state index in [1.54, 1.807) is 0 Å². The van der Waals surface area contributed by atoms with Crippen molar-refractivity contribution >= 4 is 28.4 Å². The third kappa shape index (κ3) is 6.52. The van der Waals surface area contributed by atoms with E-state index in [-0.39, 0.29) is 0 Å². The number of Topliss-reactive ketones (excluding diaryl/α,β-unsaturated/α-hetero) is 1. The molecule has 1 rings (SSSR count). The Morgan fingerprint density at radius 3 is 2.37 bits per heavy atom. The maximum absolute atomic E-state index is 12.0. The molecule has 0 fully saturated rings. The predicted octanol–water partition coefficient (Wildman–Crippen LogP) is 3.80. The van der Waals surface area contributed by atoms with E-state index in [9.17, 15) is 4.79 Å². The first-order valence-electron chi connectivity index (χ1n) is 6.99. The summed E-state index contributed by atoms with van der Waals surface area (Å²) in [6.07, 6.45) is 3.23. The lowest BCUT2D eigenvalue weighted by Gasteiger charge is -2.19. The quantitative estimate of drug-likeness (QED) is 0.705. The second-order valence-corrected chi connectivity index (χ2v) is 6.71. The molecule has 3 heteroatoms. The van der Waals surface area contributed by atoms with E-state index >= 15 is 0 Å². The molecule has 2 N–H and O–H groups in total. The minimum absolute atomic E-state index is 0.337. The fourth-order valence-electron chi connectivity index (χ4n) is 2.29. The van der Waals surface area contributed by atoms with Gasteiger partial charge in [-0.2, -0.15) is 0 Å². The van der Waals surface area contributed by atoms with Gasteiger partial charge < -0.3 is 5.73 Å². The molecule has 1 atom stereocenters. The number of nitrogens with two attached hydrogens (primary N) is 1. The van der Waals surface area contributed by atoms with Gasteiger partial charge in [0.2, 0.25) is 0 Å². The lowest BCUT2D eigenvalue weighted by molar-refractivity contribution is -0.118. The highest BCUT2D eigenvalue weighted by Crippen LogP contribution is 2.21. The van der Waals surface area contributed by atoms with Gasteiger partial charge in [0.05, 0.1) is 0 Å². The predicted molar refractivity (Wildman–Crippen MR) is 89.1 cm³/mol. The summed E-state index contributed by atoms with van der Waals surface area (Å²) in [5.41, 5.74) is 6.74. The van der Waals surface area contributed by atoms with Gasteiger partial charge in [-0.1, -0.05) is 26.0 Å². The van der Waals surface area contributed by atoms with Crippen molar-refractivity contribution in [2.24, 2.45) is 17.6 Å². The van der Waals surface area contributed by atoms with Crippen molar-refractivity contribution in [3.05, 3.63) is 33.4 Å². The molecule has 1 aromatic rings. The summed E-state index contributed by atoms with van der Waals surface area (Å²) in [7, 11) is 0. The number of hydrogen-bond acceptors (Lipinski definition) is 2. The summed E-state index contributed by atoms with van der Waals surface area (Å²) in [5, 5.41) is 0. The monoisotopic (exact) mass is 373 g/mol. The van der Waals surface area contributed by atoms with Crippen molar-refractivity contribution in [2.45, 2.75) is 39.5 Å². The third-order valence-electron chi connectivity index (χ3n) is 3.59. The van der Waals surface area contributed by atoms with Gasteiger partial charge in [-0.05, 0) is 71.5 Å². The fourth-order valence-corrected chi connectivity index (χ4v) is 2.65. The molecule has 0 aliphatic carbocycles. The summed E-state index contributed by atoms with van der Waals surface area (Å²) in [5.74, 6) is 1.52. The van der Waals surface area contributed by atoms with Gasteiger partial charge in [-0.15, -0.1) is 0 Å². The molecule has 19 heavy (non-hydrogen) atoms. The Morgan fingerprint density at radius 2 is 1.84 bits per heavy atom. The van der Waals surface area contributed by atoms with Crippen molar-refractivity contribution in [3.8, 4) is 0 Å². The van der Waals surface area contributed by atoms with E-state index < -0.39 is 0 Å². The Morgan fingerprint density at radius 1 is 1.21 bits per heavy atom. The highest BCUT2D eigenvalue weighted by molar-refractivity contribution is 14.1. The van der Waals surface area contributed by atoms with Gasteiger partial charge >= 0.3 is 0 Å². The van der Waals surface area contributed by atoms with Gasteiger partial charge in [0.15, 0.2) is 0 Å². The highest BCUT2D eigenvalue weighted by atomic mass is 127. The van der Waals surface area contributed by atoms with Crippen LogP contribution in [0.1, 0.15) is 38.7 Å². The fraction of sp³-hybridized carbons (Fsp3) is 0.562. The van der Waals surface area contributed by atoms with Gasteiger partial charge in [0.1, 0.15) is 5.78 Å². The van der Waals surface area contributed by atoms with Crippen LogP contribution in [0.4, 0.5) is 0 Å². The maximum atomic E-state index is 12.0. The number of carbonyl (C=O) groups is 1. The maximum Gasteiger partial charge on any atom is 0.137 e. The first-order chi connectivity index (χ1) is 9.02. The number of ketones is 1. The molecule has 0 heterocycles. The first kappa shape index (κ1) is 16.6. The van der Waals surface area contributed by atoms with E-state index in [2.05, 4.69) is 48.6 Å². The van der Waals surface area contributed by atoms with Crippen LogP contribution >= 0.6 is 22.6 Å². The summed E-state index contributed by atoms with van der Waals surface area (Å²) in [6, 6.07) is 8.18. The lowest BCUT2D eigenvalue weighted by Crippen LogP contribution is -2.16. The van der Waals surface area contributed by atoms with Crippen LogP contribution in [0.5, 0.6) is 0 Å². The van der Waals surface area contributed by atoms with Crippen molar-refractivity contribution in [1.82, 2.24) is 0 Å². The molecule has 0 saturated carbocycles. The summed E-state index contributed by atoms with van der Waals surface area (Å²) >= 11 is 2.28. The molecule has 106 valence electrons. The van der Waals surface area contributed by atoms with Crippen LogP contribution < -0.4 is 5.73 Å². The number of carbonyl (C=O) groups excluding carboxylic acids is 1. The molecule has 0 bridgehead atoms. The standard InChI is InChI=1S/C16H24INO/c1-12(2)14(9-10-18)5-8-16(19)11-13-3-6-15(17)7-4-13/h3-4,6-7,12,14H,5,8-11,18H2,1-2H3. The Labute approximate surface area is 130 Å². The second kappa shape index (κ2) is 8.69. The number of halogens is 1. The Kier molecular flexibility index (Phi) is 7.61. The Balaban J connectivity index is 2.40. The number of rotatable bonds is 8. The van der Waals surface area contributed by atoms with E-state index in [0.29, 0.717) is 37.0 Å². The molecule has 0 amide bonds. The van der Waals surface area contributed by atoms with Crippen LogP contribution in [0.3, 0.4) is 0 Å². The molecular formula is C16H24INO. The topological polar surface area (TPSA) is 43.1 Å². The van der Waals surface area contributed by atoms with E-state index in [4.69, 9.17) is 5.73 Å².